The lowest BCUT2D eigenvalue weighted by atomic mass is 9.79. The molecular formula is C27H36ClN3O2. The van der Waals surface area contributed by atoms with Gasteiger partial charge < -0.3 is 10.1 Å². The SMILES string of the molecule is CCNC(=O)C(c1ccc(Cl)cc1)(c1ccccc1OC)N1CCN(C2CCCCC2)CC1. The van der Waals surface area contributed by atoms with Crippen LogP contribution in [0.5, 0.6) is 5.75 Å². The van der Waals surface area contributed by atoms with Crippen LogP contribution < -0.4 is 10.1 Å². The zero-order chi connectivity index (χ0) is 23.3. The second-order valence-electron chi connectivity index (χ2n) is 9.09. The molecule has 1 aliphatic carbocycles. The number of methoxy groups -OCH3 is 1. The predicted molar refractivity (Wildman–Crippen MR) is 134 cm³/mol. The molecule has 5 nitrogen and oxygen atoms in total. The number of para-hydroxylation sites is 1. The second kappa shape index (κ2) is 10.9. The van der Waals surface area contributed by atoms with Crippen molar-refractivity contribution in [3.05, 3.63) is 64.7 Å². The van der Waals surface area contributed by atoms with Crippen molar-refractivity contribution in [3.63, 3.8) is 0 Å². The van der Waals surface area contributed by atoms with Gasteiger partial charge in [-0.05, 0) is 43.5 Å². The Morgan fingerprint density at radius 3 is 2.33 bits per heavy atom. The summed E-state index contributed by atoms with van der Waals surface area (Å²) < 4.78 is 5.79. The third-order valence-corrected chi connectivity index (χ3v) is 7.56. The molecule has 2 aromatic carbocycles. The van der Waals surface area contributed by atoms with Gasteiger partial charge >= 0.3 is 0 Å². The Hall–Kier alpha value is -2.08. The highest BCUT2D eigenvalue weighted by Gasteiger charge is 2.49. The van der Waals surface area contributed by atoms with E-state index in [2.05, 4.69) is 15.1 Å². The fourth-order valence-electron chi connectivity index (χ4n) is 5.70. The number of halogens is 1. The molecule has 1 aliphatic heterocycles. The molecule has 0 bridgehead atoms. The molecule has 6 heteroatoms. The maximum absolute atomic E-state index is 14.0. The van der Waals surface area contributed by atoms with Crippen molar-refractivity contribution < 1.29 is 9.53 Å². The topological polar surface area (TPSA) is 44.8 Å². The molecule has 1 saturated heterocycles. The van der Waals surface area contributed by atoms with Crippen LogP contribution in [0, 0.1) is 0 Å². The number of benzene rings is 2. The summed E-state index contributed by atoms with van der Waals surface area (Å²) in [7, 11) is 1.67. The second-order valence-corrected chi connectivity index (χ2v) is 9.53. The first kappa shape index (κ1) is 24.1. The Balaban J connectivity index is 1.78. The van der Waals surface area contributed by atoms with Gasteiger partial charge in [0, 0.05) is 49.4 Å². The molecule has 2 fully saturated rings. The van der Waals surface area contributed by atoms with E-state index >= 15 is 0 Å². The number of carbonyl (C=O) groups is 1. The van der Waals surface area contributed by atoms with E-state index in [1.165, 1.54) is 32.1 Å². The first-order valence-corrected chi connectivity index (χ1v) is 12.7. The lowest BCUT2D eigenvalue weighted by Gasteiger charge is -2.49. The van der Waals surface area contributed by atoms with Crippen LogP contribution in [0.2, 0.25) is 5.02 Å². The van der Waals surface area contributed by atoms with Gasteiger partial charge in [0.05, 0.1) is 7.11 Å². The molecule has 178 valence electrons. The van der Waals surface area contributed by atoms with Crippen LogP contribution >= 0.6 is 11.6 Å². The van der Waals surface area contributed by atoms with Crippen LogP contribution in [-0.2, 0) is 10.3 Å². The highest BCUT2D eigenvalue weighted by molar-refractivity contribution is 6.30. The van der Waals surface area contributed by atoms with E-state index in [9.17, 15) is 4.79 Å². The summed E-state index contributed by atoms with van der Waals surface area (Å²) in [6, 6.07) is 16.3. The van der Waals surface area contributed by atoms with Crippen molar-refractivity contribution in [2.45, 2.75) is 50.6 Å². The van der Waals surface area contributed by atoms with Gasteiger partial charge in [-0.3, -0.25) is 14.6 Å². The molecule has 1 atom stereocenters. The fraction of sp³-hybridized carbons (Fsp3) is 0.519. The standard InChI is InChI=1S/C27H36ClN3O2/c1-3-29-26(32)27(21-13-15-22(28)16-14-21,24-11-7-8-12-25(24)33-2)31-19-17-30(18-20-31)23-9-5-4-6-10-23/h7-8,11-16,23H,3-6,9-10,17-20H2,1-2H3,(H,29,32). The van der Waals surface area contributed by atoms with Crippen molar-refractivity contribution in [3.8, 4) is 5.75 Å². The fourth-order valence-corrected chi connectivity index (χ4v) is 5.82. The Labute approximate surface area is 203 Å². The van der Waals surface area contributed by atoms with Gasteiger partial charge in [0.25, 0.3) is 0 Å². The lowest BCUT2D eigenvalue weighted by Crippen LogP contribution is -2.63. The third kappa shape index (κ3) is 4.77. The zero-order valence-electron chi connectivity index (χ0n) is 19.9. The summed E-state index contributed by atoms with van der Waals surface area (Å²) in [6.07, 6.45) is 6.62. The highest BCUT2D eigenvalue weighted by atomic mass is 35.5. The van der Waals surface area contributed by atoms with E-state index in [1.54, 1.807) is 7.11 Å². The smallest absolute Gasteiger partial charge is 0.249 e. The third-order valence-electron chi connectivity index (χ3n) is 7.30. The molecule has 1 amide bonds. The van der Waals surface area contributed by atoms with Crippen LogP contribution in [0.4, 0.5) is 0 Å². The van der Waals surface area contributed by atoms with Gasteiger partial charge in [-0.15, -0.1) is 0 Å². The van der Waals surface area contributed by atoms with E-state index in [0.717, 1.165) is 37.3 Å². The Bertz CT molecular complexity index is 921. The summed E-state index contributed by atoms with van der Waals surface area (Å²) in [5, 5.41) is 3.80. The van der Waals surface area contributed by atoms with Crippen LogP contribution in [0.1, 0.15) is 50.2 Å². The highest BCUT2D eigenvalue weighted by Crippen LogP contribution is 2.42. The maximum atomic E-state index is 14.0. The summed E-state index contributed by atoms with van der Waals surface area (Å²) in [5.74, 6) is 0.691. The molecule has 1 unspecified atom stereocenters. The molecule has 1 saturated carbocycles. The Morgan fingerprint density at radius 1 is 1.03 bits per heavy atom. The number of nitrogens with zero attached hydrogens (tertiary/aromatic N) is 2. The van der Waals surface area contributed by atoms with Crippen LogP contribution in [0.3, 0.4) is 0 Å². The van der Waals surface area contributed by atoms with Gasteiger partial charge in [0.2, 0.25) is 5.91 Å². The molecule has 1 heterocycles. The van der Waals surface area contributed by atoms with Crippen molar-refractivity contribution in [1.82, 2.24) is 15.1 Å². The Morgan fingerprint density at radius 2 is 1.70 bits per heavy atom. The summed E-state index contributed by atoms with van der Waals surface area (Å²) in [5.41, 5.74) is 0.784. The predicted octanol–water partition coefficient (Wildman–Crippen LogP) is 4.68. The van der Waals surface area contributed by atoms with E-state index in [-0.39, 0.29) is 5.91 Å². The van der Waals surface area contributed by atoms with Crippen LogP contribution in [0.15, 0.2) is 48.5 Å². The molecule has 0 aromatic heterocycles. The minimum absolute atomic E-state index is 0.0251. The number of rotatable bonds is 7. The van der Waals surface area contributed by atoms with Gasteiger partial charge in [-0.25, -0.2) is 0 Å². The quantitative estimate of drug-likeness (QED) is 0.639. The number of carbonyl (C=O) groups excluding carboxylic acids is 1. The van der Waals surface area contributed by atoms with Crippen LogP contribution in [0.25, 0.3) is 0 Å². The van der Waals surface area contributed by atoms with E-state index in [1.807, 2.05) is 55.5 Å². The van der Waals surface area contributed by atoms with Gasteiger partial charge in [-0.2, -0.15) is 0 Å². The molecule has 4 rings (SSSR count). The normalized spacial score (nSPS) is 20.2. The zero-order valence-corrected chi connectivity index (χ0v) is 20.6. The van der Waals surface area contributed by atoms with E-state index in [4.69, 9.17) is 16.3 Å². The average Bonchev–Trinajstić information content (AvgIpc) is 2.87. The minimum atomic E-state index is -0.994. The molecule has 0 radical (unpaired) electrons. The number of ether oxygens (including phenoxy) is 1. The van der Waals surface area contributed by atoms with E-state index < -0.39 is 5.54 Å². The van der Waals surface area contributed by atoms with Gasteiger partial charge in [-0.1, -0.05) is 61.2 Å². The summed E-state index contributed by atoms with van der Waals surface area (Å²) >= 11 is 6.25. The summed E-state index contributed by atoms with van der Waals surface area (Å²) in [6.45, 7) is 6.09. The van der Waals surface area contributed by atoms with Crippen molar-refractivity contribution >= 4 is 17.5 Å². The number of hydrogen-bond acceptors (Lipinski definition) is 4. The molecule has 2 aliphatic rings. The van der Waals surface area contributed by atoms with Crippen molar-refractivity contribution in [2.75, 3.05) is 39.8 Å². The number of piperazine rings is 1. The number of amides is 1. The van der Waals surface area contributed by atoms with Gasteiger partial charge in [0.15, 0.2) is 5.54 Å². The minimum Gasteiger partial charge on any atom is -0.496 e. The maximum Gasteiger partial charge on any atom is 0.249 e. The monoisotopic (exact) mass is 469 g/mol. The first-order valence-electron chi connectivity index (χ1n) is 12.3. The van der Waals surface area contributed by atoms with Gasteiger partial charge in [0.1, 0.15) is 5.75 Å². The lowest BCUT2D eigenvalue weighted by molar-refractivity contribution is -0.133. The molecule has 0 spiro atoms. The molecule has 33 heavy (non-hydrogen) atoms. The summed E-state index contributed by atoms with van der Waals surface area (Å²) in [4.78, 5) is 19.0. The number of nitrogens with one attached hydrogen (secondary N) is 1. The Kier molecular flexibility index (Phi) is 7.94. The first-order chi connectivity index (χ1) is 16.1. The largest absolute Gasteiger partial charge is 0.496 e. The number of likely N-dealkylation sites (N-methyl/N-ethyl adjacent to an activating group) is 1. The average molecular weight is 470 g/mol. The van der Waals surface area contributed by atoms with Crippen molar-refractivity contribution in [2.24, 2.45) is 0 Å². The van der Waals surface area contributed by atoms with Crippen molar-refractivity contribution in [1.29, 1.82) is 0 Å². The molecular weight excluding hydrogens is 434 g/mol. The van der Waals surface area contributed by atoms with Crippen LogP contribution in [-0.4, -0.2) is 61.6 Å². The van der Waals surface area contributed by atoms with E-state index in [0.29, 0.717) is 23.4 Å². The number of hydrogen-bond donors (Lipinski definition) is 1. The molecule has 2 aromatic rings. The molecule has 1 N–H and O–H groups in total.